The summed E-state index contributed by atoms with van der Waals surface area (Å²) < 4.78 is 0. The summed E-state index contributed by atoms with van der Waals surface area (Å²) in [7, 11) is 0. The molecule has 1 saturated heterocycles. The highest BCUT2D eigenvalue weighted by atomic mass is 32.2. The molecule has 248 valence electrons. The number of thioether (sulfide) groups is 1. The van der Waals surface area contributed by atoms with Crippen LogP contribution in [0.25, 0.3) is 0 Å². The van der Waals surface area contributed by atoms with Crippen LogP contribution in [0.15, 0.2) is 11.3 Å². The van der Waals surface area contributed by atoms with Crippen LogP contribution in [-0.2, 0) is 14.4 Å². The Balaban J connectivity index is 1.07. The first-order valence-corrected chi connectivity index (χ1v) is 18.1. The number of aliphatic hydroxyl groups is 3. The van der Waals surface area contributed by atoms with E-state index in [2.05, 4.69) is 37.3 Å². The fourth-order valence-corrected chi connectivity index (χ4v) is 12.2. The quantitative estimate of drug-likeness (QED) is 0.213. The smallest absolute Gasteiger partial charge is 0.268 e. The number of carbonyl (C=O) groups is 3. The Morgan fingerprint density at radius 2 is 1.89 bits per heavy atom. The van der Waals surface area contributed by atoms with Crippen LogP contribution in [0.1, 0.15) is 85.5 Å². The van der Waals surface area contributed by atoms with Crippen molar-refractivity contribution in [3.8, 4) is 12.3 Å². The molecule has 0 aromatic carbocycles. The second-order valence-electron chi connectivity index (χ2n) is 15.5. The zero-order valence-electron chi connectivity index (χ0n) is 27.1. The number of terminal acetylenes is 1. The predicted octanol–water partition coefficient (Wildman–Crippen LogP) is 2.79. The predicted molar refractivity (Wildman–Crippen MR) is 172 cm³/mol. The second-order valence-corrected chi connectivity index (χ2v) is 16.6. The second kappa shape index (κ2) is 12.2. The number of hydrogen-bond donors (Lipinski definition) is 5. The fraction of sp³-hybridized carbons (Fsp3) is 0.800. The first-order valence-electron chi connectivity index (χ1n) is 17.0. The topological polar surface area (TPSA) is 139 Å². The third kappa shape index (κ3) is 5.25. The zero-order chi connectivity index (χ0) is 32.4. The van der Waals surface area contributed by atoms with Gasteiger partial charge >= 0.3 is 0 Å². The maximum atomic E-state index is 13.2. The molecule has 4 saturated carbocycles. The minimum absolute atomic E-state index is 0.0408. The molecule has 0 aromatic rings. The van der Waals surface area contributed by atoms with E-state index in [0.717, 1.165) is 44.1 Å². The van der Waals surface area contributed by atoms with E-state index in [1.807, 2.05) is 6.92 Å². The molecule has 9 nitrogen and oxygen atoms in total. The van der Waals surface area contributed by atoms with Crippen molar-refractivity contribution in [3.05, 3.63) is 11.3 Å². The SMILES string of the molecule is C#CCNC(=O)C1=C(C)CSC2C(NC(=O)CC[C@@H](C)[C@H]3CC[C@H]4[C@@H]5[C@H](O)C[C@@H]6C[C@H](O)CC[C@]6(C)[C@H]5C[C@H](O)[C@]34C)C(=O)N12. The highest BCUT2D eigenvalue weighted by molar-refractivity contribution is 8.00. The molecule has 0 aromatic heterocycles. The number of nitrogens with zero attached hydrogens (tertiary/aromatic N) is 1. The van der Waals surface area contributed by atoms with Gasteiger partial charge in [0.15, 0.2) is 0 Å². The van der Waals surface area contributed by atoms with Gasteiger partial charge in [-0.2, -0.15) is 0 Å². The molecule has 6 aliphatic rings. The van der Waals surface area contributed by atoms with Crippen LogP contribution < -0.4 is 10.6 Å². The lowest BCUT2D eigenvalue weighted by atomic mass is 9.43. The normalized spacial score (nSPS) is 44.4. The number of hydrogen-bond acceptors (Lipinski definition) is 7. The van der Waals surface area contributed by atoms with Crippen LogP contribution in [-0.4, -0.2) is 80.0 Å². The summed E-state index contributed by atoms with van der Waals surface area (Å²) in [6.45, 7) is 8.68. The maximum Gasteiger partial charge on any atom is 0.268 e. The van der Waals surface area contributed by atoms with Crippen molar-refractivity contribution in [1.82, 2.24) is 15.5 Å². The van der Waals surface area contributed by atoms with E-state index >= 15 is 0 Å². The van der Waals surface area contributed by atoms with Gasteiger partial charge in [-0.3, -0.25) is 19.3 Å². The van der Waals surface area contributed by atoms with Crippen LogP contribution in [0.5, 0.6) is 0 Å². The van der Waals surface area contributed by atoms with Gasteiger partial charge in [0, 0.05) is 12.2 Å². The van der Waals surface area contributed by atoms with E-state index < -0.39 is 18.2 Å². The van der Waals surface area contributed by atoms with Crippen LogP contribution in [0.3, 0.4) is 0 Å². The van der Waals surface area contributed by atoms with Gasteiger partial charge in [0.05, 0.1) is 24.9 Å². The monoisotopic (exact) mass is 641 g/mol. The van der Waals surface area contributed by atoms with Gasteiger partial charge in [-0.05, 0) is 110 Å². The van der Waals surface area contributed by atoms with Crippen LogP contribution in [0.4, 0.5) is 0 Å². The summed E-state index contributed by atoms with van der Waals surface area (Å²) in [5.41, 5.74) is 0.867. The Labute approximate surface area is 271 Å². The molecule has 2 heterocycles. The third-order valence-corrected chi connectivity index (χ3v) is 14.8. The summed E-state index contributed by atoms with van der Waals surface area (Å²) in [5.74, 6) is 3.54. The van der Waals surface area contributed by atoms with E-state index in [9.17, 15) is 29.7 Å². The molecule has 0 radical (unpaired) electrons. The molecule has 3 amide bonds. The molecule has 45 heavy (non-hydrogen) atoms. The number of amides is 3. The Kier molecular flexibility index (Phi) is 8.90. The molecule has 0 spiro atoms. The van der Waals surface area contributed by atoms with E-state index in [0.29, 0.717) is 30.2 Å². The molecule has 2 aliphatic heterocycles. The van der Waals surface area contributed by atoms with Crippen LogP contribution in [0, 0.1) is 58.7 Å². The van der Waals surface area contributed by atoms with Crippen molar-refractivity contribution in [3.63, 3.8) is 0 Å². The number of rotatable bonds is 7. The largest absolute Gasteiger partial charge is 0.393 e. The fourth-order valence-electron chi connectivity index (χ4n) is 10.9. The van der Waals surface area contributed by atoms with Crippen molar-refractivity contribution >= 4 is 29.5 Å². The average Bonchev–Trinajstić information content (AvgIpc) is 3.37. The van der Waals surface area contributed by atoms with Gasteiger partial charge in [-0.1, -0.05) is 26.7 Å². The molecule has 5 N–H and O–H groups in total. The lowest BCUT2D eigenvalue weighted by Crippen LogP contribution is -2.71. The highest BCUT2D eigenvalue weighted by Gasteiger charge is 2.65. The zero-order valence-corrected chi connectivity index (χ0v) is 27.9. The Morgan fingerprint density at radius 1 is 1.13 bits per heavy atom. The third-order valence-electron chi connectivity index (χ3n) is 13.4. The molecule has 13 atom stereocenters. The maximum absolute atomic E-state index is 13.2. The molecular weight excluding hydrogens is 590 g/mol. The minimum Gasteiger partial charge on any atom is -0.393 e. The summed E-state index contributed by atoms with van der Waals surface area (Å²) in [4.78, 5) is 40.4. The molecule has 4 aliphatic carbocycles. The van der Waals surface area contributed by atoms with Gasteiger partial charge in [0.25, 0.3) is 11.8 Å². The summed E-state index contributed by atoms with van der Waals surface area (Å²) in [6, 6.07) is -0.661. The van der Waals surface area contributed by atoms with Crippen molar-refractivity contribution in [1.29, 1.82) is 0 Å². The van der Waals surface area contributed by atoms with Gasteiger partial charge in [-0.25, -0.2) is 0 Å². The summed E-state index contributed by atoms with van der Waals surface area (Å²) in [5, 5.41) is 39.0. The van der Waals surface area contributed by atoms with Gasteiger partial charge in [-0.15, -0.1) is 18.2 Å². The first-order chi connectivity index (χ1) is 21.3. The first kappa shape index (κ1) is 32.9. The molecule has 10 heteroatoms. The average molecular weight is 642 g/mol. The van der Waals surface area contributed by atoms with Crippen LogP contribution in [0.2, 0.25) is 0 Å². The van der Waals surface area contributed by atoms with Gasteiger partial charge < -0.3 is 26.0 Å². The standard InChI is InChI=1S/C35H51N3O6S/c1-6-13-36-31(43)30-19(3)17-45-33-29(32(44)38(30)33)37-27(42)10-7-18(2)22-8-9-23-28-24(16-26(41)35(22,23)5)34(4)12-11-21(39)14-20(34)15-25(28)40/h1,18,20-26,28-29,33,39-41H,7-17H2,2-5H3,(H,36,43)(H,37,42)/t18-,20+,21-,22-,23+,24+,25-,26+,28+,29?,33?,34+,35-/m1/s1. The van der Waals surface area contributed by atoms with Crippen molar-refractivity contribution in [2.24, 2.45) is 46.3 Å². The van der Waals surface area contributed by atoms with E-state index in [4.69, 9.17) is 6.42 Å². The van der Waals surface area contributed by atoms with E-state index in [1.165, 1.54) is 4.90 Å². The lowest BCUT2D eigenvalue weighted by Gasteiger charge is -2.63. The van der Waals surface area contributed by atoms with Crippen LogP contribution >= 0.6 is 11.8 Å². The minimum atomic E-state index is -0.661. The Morgan fingerprint density at radius 3 is 2.62 bits per heavy atom. The number of carbonyl (C=O) groups excluding carboxylic acids is 3. The number of aliphatic hydroxyl groups excluding tert-OH is 3. The van der Waals surface area contributed by atoms with Crippen molar-refractivity contribution in [2.75, 3.05) is 12.3 Å². The molecule has 2 unspecified atom stereocenters. The number of β-lactam (4-membered cyclic amide) rings is 1. The van der Waals surface area contributed by atoms with Crippen molar-refractivity contribution in [2.45, 2.75) is 115 Å². The number of nitrogens with one attached hydrogen (secondary N) is 2. The molecule has 6 rings (SSSR count). The van der Waals surface area contributed by atoms with Gasteiger partial charge in [0.2, 0.25) is 5.91 Å². The Hall–Kier alpha value is -2.06. The van der Waals surface area contributed by atoms with E-state index in [-0.39, 0.29) is 82.6 Å². The molecule has 5 fully saturated rings. The summed E-state index contributed by atoms with van der Waals surface area (Å²) in [6.07, 6.45) is 10.9. The molecular formula is C35H51N3O6S. The summed E-state index contributed by atoms with van der Waals surface area (Å²) >= 11 is 1.54. The molecule has 0 bridgehead atoms. The van der Waals surface area contributed by atoms with Crippen molar-refractivity contribution < 1.29 is 29.7 Å². The van der Waals surface area contributed by atoms with E-state index in [1.54, 1.807) is 11.8 Å². The lowest BCUT2D eigenvalue weighted by molar-refractivity contribution is -0.207. The number of fused-ring (bicyclic) bond motifs is 6. The van der Waals surface area contributed by atoms with Gasteiger partial charge in [0.1, 0.15) is 17.1 Å². The Bertz CT molecular complexity index is 1300. The highest BCUT2D eigenvalue weighted by Crippen LogP contribution is 2.68.